The van der Waals surface area contributed by atoms with Gasteiger partial charge >= 0.3 is 0 Å². The Balaban J connectivity index is 1.69. The largest absolute Gasteiger partial charge is 0.396 e. The van der Waals surface area contributed by atoms with Crippen LogP contribution in [0.5, 0.6) is 0 Å². The molecule has 0 aliphatic carbocycles. The molecule has 134 valence electrons. The lowest BCUT2D eigenvalue weighted by molar-refractivity contribution is -0.214. The average molecular weight is 347 g/mol. The molecule has 0 saturated carbocycles. The Kier molecular flexibility index (Phi) is 5.78. The van der Waals surface area contributed by atoms with E-state index in [1.54, 1.807) is 0 Å². The fourth-order valence-electron chi connectivity index (χ4n) is 3.21. The fourth-order valence-corrected chi connectivity index (χ4v) is 3.21. The van der Waals surface area contributed by atoms with E-state index >= 15 is 0 Å². The highest BCUT2D eigenvalue weighted by molar-refractivity contribution is 5.15. The summed E-state index contributed by atoms with van der Waals surface area (Å²) in [6, 6.07) is 19.0. The molecule has 5 heteroatoms. The molecule has 1 N–H and O–H groups in total. The maximum atomic E-state index is 14.6. The first-order valence-corrected chi connectivity index (χ1v) is 8.50. The van der Waals surface area contributed by atoms with Crippen LogP contribution >= 0.6 is 0 Å². The Hall–Kier alpha value is -1.82. The Bertz CT molecular complexity index is 651. The van der Waals surface area contributed by atoms with E-state index in [0.717, 1.165) is 11.1 Å². The maximum Gasteiger partial charge on any atom is 0.281 e. The second-order valence-electron chi connectivity index (χ2n) is 6.52. The second kappa shape index (κ2) is 8.04. The summed E-state index contributed by atoms with van der Waals surface area (Å²) >= 11 is 0. The molecule has 1 heterocycles. The minimum absolute atomic E-state index is 0.137. The summed E-state index contributed by atoms with van der Waals surface area (Å²) in [7, 11) is 0. The van der Waals surface area contributed by atoms with Crippen LogP contribution < -0.4 is 0 Å². The van der Waals surface area contributed by atoms with Gasteiger partial charge < -0.3 is 9.84 Å². The van der Waals surface area contributed by atoms with Crippen LogP contribution in [0.1, 0.15) is 11.1 Å². The van der Waals surface area contributed by atoms with Crippen molar-refractivity contribution in [1.29, 1.82) is 0 Å². The second-order valence-corrected chi connectivity index (χ2v) is 6.52. The Morgan fingerprint density at radius 1 is 0.960 bits per heavy atom. The van der Waals surface area contributed by atoms with Crippen molar-refractivity contribution >= 4 is 0 Å². The number of alkyl halides is 2. The summed E-state index contributed by atoms with van der Waals surface area (Å²) in [6.07, 6.45) is -1.23. The first-order chi connectivity index (χ1) is 12.1. The first kappa shape index (κ1) is 18.0. The summed E-state index contributed by atoms with van der Waals surface area (Å²) in [6.45, 7) is 0.454. The third kappa shape index (κ3) is 4.42. The molecule has 1 fully saturated rings. The zero-order chi connectivity index (χ0) is 17.7. The number of piperidine rings is 1. The molecular formula is C20H23F2NO2. The highest BCUT2D eigenvalue weighted by Crippen LogP contribution is 2.36. The van der Waals surface area contributed by atoms with Crippen molar-refractivity contribution in [3.8, 4) is 0 Å². The fraction of sp³-hybridized carbons (Fsp3) is 0.400. The normalized spacial score (nSPS) is 23.5. The van der Waals surface area contributed by atoms with Crippen LogP contribution in [0.25, 0.3) is 0 Å². The summed E-state index contributed by atoms with van der Waals surface area (Å²) in [5, 5.41) is 9.45. The molecule has 1 saturated heterocycles. The van der Waals surface area contributed by atoms with E-state index in [0.29, 0.717) is 6.54 Å². The van der Waals surface area contributed by atoms with Gasteiger partial charge in [-0.2, -0.15) is 0 Å². The minimum Gasteiger partial charge on any atom is -0.396 e. The average Bonchev–Trinajstić information content (AvgIpc) is 2.63. The number of aliphatic hydroxyl groups is 1. The van der Waals surface area contributed by atoms with Crippen LogP contribution in [0.2, 0.25) is 0 Å². The molecule has 0 unspecified atom stereocenters. The standard InChI is InChI=1S/C20H23F2NO2/c21-20(22)18(14-24)12-23(11-16-7-3-1-4-8-16)13-19(20)25-15-17-9-5-2-6-10-17/h1-10,18-19,24H,11-15H2/t18-,19-/m1/s1. The molecule has 25 heavy (non-hydrogen) atoms. The predicted octanol–water partition coefficient (Wildman–Crippen LogP) is 3.33. The van der Waals surface area contributed by atoms with E-state index < -0.39 is 24.6 Å². The first-order valence-electron chi connectivity index (χ1n) is 8.50. The van der Waals surface area contributed by atoms with Crippen LogP contribution in [0.4, 0.5) is 8.78 Å². The predicted molar refractivity (Wildman–Crippen MR) is 92.3 cm³/mol. The van der Waals surface area contributed by atoms with E-state index in [4.69, 9.17) is 4.74 Å². The highest BCUT2D eigenvalue weighted by Gasteiger charge is 2.52. The molecule has 2 aromatic carbocycles. The zero-order valence-corrected chi connectivity index (χ0v) is 14.0. The zero-order valence-electron chi connectivity index (χ0n) is 14.0. The number of aliphatic hydroxyl groups excluding tert-OH is 1. The Labute approximate surface area is 146 Å². The lowest BCUT2D eigenvalue weighted by Crippen LogP contribution is -2.58. The third-order valence-electron chi connectivity index (χ3n) is 4.64. The Morgan fingerprint density at radius 2 is 1.56 bits per heavy atom. The Morgan fingerprint density at radius 3 is 2.16 bits per heavy atom. The SMILES string of the molecule is OC[C@H]1CN(Cc2ccccc2)C[C@@H](OCc2ccccc2)C1(F)F. The number of hydrogen-bond donors (Lipinski definition) is 1. The van der Waals surface area contributed by atoms with Crippen molar-refractivity contribution in [1.82, 2.24) is 4.90 Å². The number of likely N-dealkylation sites (tertiary alicyclic amines) is 1. The van der Waals surface area contributed by atoms with Crippen molar-refractivity contribution in [2.75, 3.05) is 19.7 Å². The van der Waals surface area contributed by atoms with E-state index in [9.17, 15) is 13.9 Å². The van der Waals surface area contributed by atoms with Gasteiger partial charge in [0.25, 0.3) is 5.92 Å². The van der Waals surface area contributed by atoms with Gasteiger partial charge in [-0.1, -0.05) is 60.7 Å². The molecule has 0 bridgehead atoms. The van der Waals surface area contributed by atoms with Crippen molar-refractivity contribution in [2.45, 2.75) is 25.2 Å². The third-order valence-corrected chi connectivity index (χ3v) is 4.64. The molecule has 3 nitrogen and oxygen atoms in total. The number of halogens is 2. The van der Waals surface area contributed by atoms with Crippen LogP contribution in [0.15, 0.2) is 60.7 Å². The lowest BCUT2D eigenvalue weighted by Gasteiger charge is -2.42. The smallest absolute Gasteiger partial charge is 0.281 e. The molecule has 0 amide bonds. The molecule has 0 spiro atoms. The molecule has 3 rings (SSSR count). The lowest BCUT2D eigenvalue weighted by atomic mass is 9.91. The molecule has 1 aliphatic rings. The highest BCUT2D eigenvalue weighted by atomic mass is 19.3. The van der Waals surface area contributed by atoms with Gasteiger partial charge in [-0.15, -0.1) is 0 Å². The van der Waals surface area contributed by atoms with Gasteiger partial charge in [0.05, 0.1) is 19.1 Å². The summed E-state index contributed by atoms with van der Waals surface area (Å²) < 4.78 is 34.9. The van der Waals surface area contributed by atoms with Gasteiger partial charge in [0.15, 0.2) is 0 Å². The van der Waals surface area contributed by atoms with Gasteiger partial charge in [0.1, 0.15) is 6.10 Å². The van der Waals surface area contributed by atoms with Crippen molar-refractivity contribution in [2.24, 2.45) is 5.92 Å². The number of rotatable bonds is 6. The van der Waals surface area contributed by atoms with Gasteiger partial charge in [-0.25, -0.2) is 8.78 Å². The molecule has 0 aromatic heterocycles. The summed E-state index contributed by atoms with van der Waals surface area (Å²) in [5.74, 6) is -4.16. The van der Waals surface area contributed by atoms with Gasteiger partial charge in [0, 0.05) is 19.6 Å². The van der Waals surface area contributed by atoms with E-state index in [-0.39, 0.29) is 19.7 Å². The van der Waals surface area contributed by atoms with Crippen LogP contribution in [-0.4, -0.2) is 41.7 Å². The monoisotopic (exact) mass is 347 g/mol. The number of ether oxygens (including phenoxy) is 1. The topological polar surface area (TPSA) is 32.7 Å². The summed E-state index contributed by atoms with van der Waals surface area (Å²) in [4.78, 5) is 1.93. The number of nitrogens with zero attached hydrogens (tertiary/aromatic N) is 1. The molecule has 0 radical (unpaired) electrons. The molecule has 2 atom stereocenters. The van der Waals surface area contributed by atoms with Gasteiger partial charge in [-0.3, -0.25) is 4.90 Å². The van der Waals surface area contributed by atoms with Crippen molar-refractivity contribution < 1.29 is 18.6 Å². The number of hydrogen-bond acceptors (Lipinski definition) is 3. The number of benzene rings is 2. The quantitative estimate of drug-likeness (QED) is 0.870. The van der Waals surface area contributed by atoms with Crippen LogP contribution in [0.3, 0.4) is 0 Å². The minimum atomic E-state index is -3.04. The van der Waals surface area contributed by atoms with Gasteiger partial charge in [-0.05, 0) is 11.1 Å². The molecule has 1 aliphatic heterocycles. The van der Waals surface area contributed by atoms with Gasteiger partial charge in [0.2, 0.25) is 0 Å². The van der Waals surface area contributed by atoms with Crippen LogP contribution in [0, 0.1) is 5.92 Å². The maximum absolute atomic E-state index is 14.6. The van der Waals surface area contributed by atoms with E-state index in [1.165, 1.54) is 0 Å². The summed E-state index contributed by atoms with van der Waals surface area (Å²) in [5.41, 5.74) is 1.92. The van der Waals surface area contributed by atoms with Crippen molar-refractivity contribution in [3.63, 3.8) is 0 Å². The van der Waals surface area contributed by atoms with Crippen molar-refractivity contribution in [3.05, 3.63) is 71.8 Å². The van der Waals surface area contributed by atoms with Crippen LogP contribution in [-0.2, 0) is 17.9 Å². The van der Waals surface area contributed by atoms with E-state index in [2.05, 4.69) is 0 Å². The molecule has 2 aromatic rings. The molecular weight excluding hydrogens is 324 g/mol. The van der Waals surface area contributed by atoms with E-state index in [1.807, 2.05) is 65.6 Å².